The quantitative estimate of drug-likeness (QED) is 0.773. The summed E-state index contributed by atoms with van der Waals surface area (Å²) >= 11 is 0. The van der Waals surface area contributed by atoms with Crippen molar-refractivity contribution in [2.45, 2.75) is 12.8 Å². The van der Waals surface area contributed by atoms with Gasteiger partial charge in [0.15, 0.2) is 11.5 Å². The van der Waals surface area contributed by atoms with Crippen molar-refractivity contribution in [1.82, 2.24) is 19.9 Å². The number of hydrogen-bond donors (Lipinski definition) is 1. The van der Waals surface area contributed by atoms with Crippen LogP contribution in [0.15, 0.2) is 24.8 Å². The van der Waals surface area contributed by atoms with Gasteiger partial charge in [-0.1, -0.05) is 12.2 Å². The van der Waals surface area contributed by atoms with Gasteiger partial charge in [0, 0.05) is 13.1 Å². The summed E-state index contributed by atoms with van der Waals surface area (Å²) in [6.45, 7) is 2.19. The predicted octanol–water partition coefficient (Wildman–Crippen LogP) is 1.76. The number of nitrogens with zero attached hydrogens (tertiary/aromatic N) is 4. The third-order valence-electron chi connectivity index (χ3n) is 4.12. The second kappa shape index (κ2) is 3.80. The maximum atomic E-state index is 4.44. The minimum absolute atomic E-state index is 0.757. The number of allylic oxidation sites excluding steroid dienone is 2. The molecule has 0 spiro atoms. The second-order valence-electron chi connectivity index (χ2n) is 5.17. The van der Waals surface area contributed by atoms with E-state index in [0.717, 1.165) is 41.9 Å². The van der Waals surface area contributed by atoms with Gasteiger partial charge < -0.3 is 9.88 Å². The number of nitrogens with one attached hydrogen (secondary N) is 1. The van der Waals surface area contributed by atoms with Crippen LogP contribution in [0.4, 0.5) is 5.82 Å². The van der Waals surface area contributed by atoms with E-state index in [1.54, 1.807) is 12.7 Å². The smallest absolute Gasteiger partial charge is 0.182 e. The zero-order chi connectivity index (χ0) is 11.9. The van der Waals surface area contributed by atoms with Crippen molar-refractivity contribution < 1.29 is 0 Å². The Hall–Kier alpha value is -1.91. The zero-order valence-electron chi connectivity index (χ0n) is 10.1. The van der Waals surface area contributed by atoms with Crippen molar-refractivity contribution >= 4 is 17.0 Å². The summed E-state index contributed by atoms with van der Waals surface area (Å²) in [5.41, 5.74) is 1.72. The van der Waals surface area contributed by atoms with E-state index in [9.17, 15) is 0 Å². The Kier molecular flexibility index (Phi) is 2.12. The van der Waals surface area contributed by atoms with Gasteiger partial charge in [-0.05, 0) is 24.7 Å². The van der Waals surface area contributed by atoms with Crippen LogP contribution in [0.3, 0.4) is 0 Å². The normalized spacial score (nSPS) is 26.8. The molecule has 0 unspecified atom stereocenters. The highest BCUT2D eigenvalue weighted by atomic mass is 15.2. The number of anilines is 1. The molecule has 2 atom stereocenters. The van der Waals surface area contributed by atoms with Gasteiger partial charge in [-0.3, -0.25) is 0 Å². The molecule has 0 radical (unpaired) electrons. The Morgan fingerprint density at radius 1 is 1.06 bits per heavy atom. The molecule has 4 rings (SSSR count). The molecule has 3 heterocycles. The highest BCUT2D eigenvalue weighted by Gasteiger charge is 2.34. The van der Waals surface area contributed by atoms with Gasteiger partial charge in [-0.25, -0.2) is 15.0 Å². The van der Waals surface area contributed by atoms with E-state index >= 15 is 0 Å². The largest absolute Gasteiger partial charge is 0.354 e. The third kappa shape index (κ3) is 1.43. The molecule has 0 amide bonds. The Morgan fingerprint density at radius 2 is 1.83 bits per heavy atom. The van der Waals surface area contributed by atoms with Gasteiger partial charge in [-0.15, -0.1) is 0 Å². The SMILES string of the molecule is C1=CC[C@@H]2CN(c3ncnc4nc[nH]c34)C[C@H]2C1. The first kappa shape index (κ1) is 10.1. The van der Waals surface area contributed by atoms with E-state index in [2.05, 4.69) is 37.0 Å². The average Bonchev–Trinajstić information content (AvgIpc) is 3.04. The van der Waals surface area contributed by atoms with E-state index < -0.39 is 0 Å². The van der Waals surface area contributed by atoms with Crippen molar-refractivity contribution in [2.75, 3.05) is 18.0 Å². The molecule has 2 aromatic rings. The van der Waals surface area contributed by atoms with Gasteiger partial charge in [-0.2, -0.15) is 0 Å². The molecule has 5 heteroatoms. The summed E-state index contributed by atoms with van der Waals surface area (Å²) in [4.78, 5) is 18.3. The zero-order valence-corrected chi connectivity index (χ0v) is 10.1. The van der Waals surface area contributed by atoms with Crippen LogP contribution in [-0.2, 0) is 0 Å². The first-order valence-electron chi connectivity index (χ1n) is 6.46. The monoisotopic (exact) mass is 241 g/mol. The van der Waals surface area contributed by atoms with Crippen molar-refractivity contribution in [1.29, 1.82) is 0 Å². The highest BCUT2D eigenvalue weighted by molar-refractivity contribution is 5.82. The molecule has 92 valence electrons. The summed E-state index contributed by atoms with van der Waals surface area (Å²) in [5, 5.41) is 0. The van der Waals surface area contributed by atoms with Crippen molar-refractivity contribution in [2.24, 2.45) is 11.8 Å². The van der Waals surface area contributed by atoms with Crippen molar-refractivity contribution in [3.05, 3.63) is 24.8 Å². The second-order valence-corrected chi connectivity index (χ2v) is 5.17. The Labute approximate surface area is 105 Å². The predicted molar refractivity (Wildman–Crippen MR) is 69.3 cm³/mol. The summed E-state index contributed by atoms with van der Waals surface area (Å²) in [6.07, 6.45) is 10.3. The first-order chi connectivity index (χ1) is 8.92. The molecule has 0 aromatic carbocycles. The maximum absolute atomic E-state index is 4.44. The van der Waals surface area contributed by atoms with Crippen LogP contribution in [0.2, 0.25) is 0 Å². The van der Waals surface area contributed by atoms with E-state index in [0.29, 0.717) is 0 Å². The molecule has 1 saturated heterocycles. The molecule has 1 fully saturated rings. The van der Waals surface area contributed by atoms with Crippen LogP contribution in [0.25, 0.3) is 11.2 Å². The molecule has 1 N–H and O–H groups in total. The number of hydrogen-bond acceptors (Lipinski definition) is 4. The lowest BCUT2D eigenvalue weighted by atomic mass is 9.86. The maximum Gasteiger partial charge on any atom is 0.182 e. The third-order valence-corrected chi connectivity index (χ3v) is 4.12. The molecule has 18 heavy (non-hydrogen) atoms. The lowest BCUT2D eigenvalue weighted by molar-refractivity contribution is 0.411. The van der Waals surface area contributed by atoms with Gasteiger partial charge in [0.1, 0.15) is 11.8 Å². The van der Waals surface area contributed by atoms with Crippen molar-refractivity contribution in [3.63, 3.8) is 0 Å². The van der Waals surface area contributed by atoms with Crippen LogP contribution in [0.5, 0.6) is 0 Å². The number of rotatable bonds is 1. The summed E-state index contributed by atoms with van der Waals surface area (Å²) in [6, 6.07) is 0. The van der Waals surface area contributed by atoms with E-state index in [4.69, 9.17) is 0 Å². The minimum atomic E-state index is 0.757. The van der Waals surface area contributed by atoms with E-state index in [1.807, 2.05) is 0 Å². The molecular weight excluding hydrogens is 226 g/mol. The standard InChI is InChI=1S/C13H15N5/c1-2-4-10-6-18(5-9(10)3-1)13-11-12(15-7-14-11)16-8-17-13/h1-2,7-10H,3-6H2,(H,14,15,16,17)/t9-,10-/m1/s1. The Balaban J connectivity index is 1.70. The molecule has 0 saturated carbocycles. The molecule has 0 bridgehead atoms. The lowest BCUT2D eigenvalue weighted by Crippen LogP contribution is -2.21. The summed E-state index contributed by atoms with van der Waals surface area (Å²) in [7, 11) is 0. The highest BCUT2D eigenvalue weighted by Crippen LogP contribution is 2.35. The molecule has 2 aliphatic rings. The Bertz CT molecular complexity index is 586. The molecule has 5 nitrogen and oxygen atoms in total. The van der Waals surface area contributed by atoms with Crippen LogP contribution >= 0.6 is 0 Å². The number of imidazole rings is 1. The number of aromatic amines is 1. The van der Waals surface area contributed by atoms with Crippen LogP contribution in [0, 0.1) is 11.8 Å². The summed E-state index contributed by atoms with van der Waals surface area (Å²) < 4.78 is 0. The van der Waals surface area contributed by atoms with Gasteiger partial charge in [0.05, 0.1) is 6.33 Å². The van der Waals surface area contributed by atoms with Crippen molar-refractivity contribution in [3.8, 4) is 0 Å². The van der Waals surface area contributed by atoms with Gasteiger partial charge in [0.2, 0.25) is 0 Å². The number of fused-ring (bicyclic) bond motifs is 2. The lowest BCUT2D eigenvalue weighted by Gasteiger charge is -2.17. The van der Waals surface area contributed by atoms with Crippen LogP contribution < -0.4 is 4.90 Å². The minimum Gasteiger partial charge on any atom is -0.354 e. The van der Waals surface area contributed by atoms with Gasteiger partial charge in [0.25, 0.3) is 0 Å². The fourth-order valence-corrected chi connectivity index (χ4v) is 3.18. The number of H-pyrrole nitrogens is 1. The van der Waals surface area contributed by atoms with Gasteiger partial charge >= 0.3 is 0 Å². The fraction of sp³-hybridized carbons (Fsp3) is 0.462. The topological polar surface area (TPSA) is 57.7 Å². The average molecular weight is 241 g/mol. The first-order valence-corrected chi connectivity index (χ1v) is 6.46. The fourth-order valence-electron chi connectivity index (χ4n) is 3.18. The molecule has 1 aliphatic carbocycles. The molecule has 2 aromatic heterocycles. The number of aromatic nitrogens is 4. The van der Waals surface area contributed by atoms with E-state index in [-0.39, 0.29) is 0 Å². The molecule has 1 aliphatic heterocycles. The summed E-state index contributed by atoms with van der Waals surface area (Å²) in [5.74, 6) is 2.57. The van der Waals surface area contributed by atoms with Crippen LogP contribution in [-0.4, -0.2) is 33.0 Å². The van der Waals surface area contributed by atoms with E-state index in [1.165, 1.54) is 12.8 Å². The molecular formula is C13H15N5. The Morgan fingerprint density at radius 3 is 2.61 bits per heavy atom. The van der Waals surface area contributed by atoms with Crippen LogP contribution in [0.1, 0.15) is 12.8 Å².